The molecule has 1 atom stereocenters. The number of hydrogen-bond acceptors (Lipinski definition) is 4. The molecule has 0 saturated carbocycles. The number of carbonyl (C=O) groups is 2. The molecule has 0 unspecified atom stereocenters. The molecule has 8 heteroatoms. The van der Waals surface area contributed by atoms with Crippen molar-refractivity contribution in [3.8, 4) is 0 Å². The Labute approximate surface area is 136 Å². The van der Waals surface area contributed by atoms with Crippen molar-refractivity contribution in [2.45, 2.75) is 11.3 Å². The van der Waals surface area contributed by atoms with Crippen molar-refractivity contribution in [3.63, 3.8) is 0 Å². The number of aliphatic carboxylic acids is 2. The highest BCUT2D eigenvalue weighted by atomic mass is 35.5. The highest BCUT2D eigenvalue weighted by molar-refractivity contribution is 7.91. The Hall–Kier alpha value is -1.96. The van der Waals surface area contributed by atoms with Gasteiger partial charge in [-0.05, 0) is 12.1 Å². The molecule has 2 N–H and O–H groups in total. The van der Waals surface area contributed by atoms with Crippen LogP contribution in [0.1, 0.15) is 6.42 Å². The summed E-state index contributed by atoms with van der Waals surface area (Å²) in [6, 6.07) is 8.70. The first-order valence-corrected chi connectivity index (χ1v) is 7.36. The molecule has 0 fully saturated rings. The van der Waals surface area contributed by atoms with E-state index in [9.17, 15) is 14.1 Å². The highest BCUT2D eigenvalue weighted by Gasteiger charge is 2.24. The third kappa shape index (κ3) is 4.52. The van der Waals surface area contributed by atoms with Gasteiger partial charge < -0.3 is 19.7 Å². The van der Waals surface area contributed by atoms with Gasteiger partial charge in [-0.3, -0.25) is 0 Å². The number of carboxylic acids is 2. The smallest absolute Gasteiger partial charge is 0.333 e. The van der Waals surface area contributed by atoms with Crippen LogP contribution in [0.25, 0.3) is 0 Å². The van der Waals surface area contributed by atoms with Gasteiger partial charge in [-0.1, -0.05) is 18.2 Å². The predicted molar refractivity (Wildman–Crippen MR) is 82.9 cm³/mol. The average Bonchev–Trinajstić information content (AvgIpc) is 2.47. The van der Waals surface area contributed by atoms with E-state index in [1.165, 1.54) is 17.3 Å². The zero-order valence-electron chi connectivity index (χ0n) is 11.3. The van der Waals surface area contributed by atoms with Gasteiger partial charge in [0.1, 0.15) is 0 Å². The molecular weight excluding hydrogens is 330 g/mol. The summed E-state index contributed by atoms with van der Waals surface area (Å²) >= 11 is -1.39. The van der Waals surface area contributed by atoms with Crippen LogP contribution in [0.5, 0.6) is 0 Å². The molecule has 0 radical (unpaired) electrons. The molecule has 2 rings (SSSR count). The summed E-state index contributed by atoms with van der Waals surface area (Å²) in [5.74, 6) is -2.37. The minimum atomic E-state index is -1.39. The van der Waals surface area contributed by atoms with Crippen LogP contribution in [-0.2, 0) is 20.8 Å². The fourth-order valence-electron chi connectivity index (χ4n) is 1.85. The summed E-state index contributed by atoms with van der Waals surface area (Å²) in [5, 5.41) is 18.0. The third-order valence-electron chi connectivity index (χ3n) is 2.85. The lowest BCUT2D eigenvalue weighted by molar-refractivity contribution is -0.133. The summed E-state index contributed by atoms with van der Waals surface area (Å²) in [7, 11) is 0. The van der Waals surface area contributed by atoms with Crippen LogP contribution >= 0.6 is 12.4 Å². The first-order valence-electron chi connectivity index (χ1n) is 6.04. The van der Waals surface area contributed by atoms with E-state index in [4.69, 9.17) is 10.2 Å². The van der Waals surface area contributed by atoms with E-state index in [0.717, 1.165) is 0 Å². The Morgan fingerprint density at radius 2 is 1.59 bits per heavy atom. The van der Waals surface area contributed by atoms with Gasteiger partial charge in [-0.25, -0.2) is 9.59 Å². The molecule has 1 aliphatic rings. The van der Waals surface area contributed by atoms with Crippen molar-refractivity contribution in [3.05, 3.63) is 53.9 Å². The van der Waals surface area contributed by atoms with Gasteiger partial charge >= 0.3 is 11.9 Å². The van der Waals surface area contributed by atoms with Crippen LogP contribution < -0.4 is 0 Å². The Balaban J connectivity index is 0.00000242. The quantitative estimate of drug-likeness (QED) is 0.791. The third-order valence-corrected chi connectivity index (χ3v) is 4.18. The van der Waals surface area contributed by atoms with Gasteiger partial charge in [0.2, 0.25) is 0 Å². The minimum absolute atomic E-state index is 0. The summed E-state index contributed by atoms with van der Waals surface area (Å²) in [4.78, 5) is 24.0. The standard InChI is InChI=1S/C14H13NO5S.ClH/c16-13(17)10-6-11(14(18)19)8-15(7-10)9-21(20)12-4-2-1-3-5-12;/h1-5,7-8H,6,9H2,(H,16,17)(H,18,19);1H/t21-;/m1./s1. The predicted octanol–water partition coefficient (Wildman–Crippen LogP) is 1.82. The van der Waals surface area contributed by atoms with Crippen LogP contribution in [0.15, 0.2) is 58.8 Å². The van der Waals surface area contributed by atoms with Gasteiger partial charge in [0.05, 0.1) is 11.1 Å². The lowest BCUT2D eigenvalue weighted by Crippen LogP contribution is -2.26. The number of benzene rings is 1. The van der Waals surface area contributed by atoms with Gasteiger partial charge in [0.25, 0.3) is 0 Å². The van der Waals surface area contributed by atoms with Crippen LogP contribution in [0.3, 0.4) is 0 Å². The normalized spacial score (nSPS) is 15.2. The van der Waals surface area contributed by atoms with Crippen molar-refractivity contribution < 1.29 is 24.4 Å². The van der Waals surface area contributed by atoms with E-state index in [0.29, 0.717) is 4.90 Å². The summed E-state index contributed by atoms with van der Waals surface area (Å²) in [5.41, 5.74) is -0.0834. The number of nitrogens with zero attached hydrogens (tertiary/aromatic N) is 1. The fraction of sp³-hybridized carbons (Fsp3) is 0.143. The molecule has 1 aliphatic heterocycles. The maximum absolute atomic E-state index is 12.2. The zero-order chi connectivity index (χ0) is 15.4. The van der Waals surface area contributed by atoms with Crippen molar-refractivity contribution in [1.29, 1.82) is 0 Å². The van der Waals surface area contributed by atoms with Gasteiger partial charge in [0.15, 0.2) is 10.8 Å². The van der Waals surface area contributed by atoms with Crippen molar-refractivity contribution in [1.82, 2.24) is 4.90 Å². The van der Waals surface area contributed by atoms with Crippen LogP contribution in [-0.4, -0.2) is 37.5 Å². The van der Waals surface area contributed by atoms with Crippen LogP contribution in [0, 0.1) is 0 Å². The SMILES string of the molecule is Cl.O=C(O)C1=CN(C[S@@+]([O-])c2ccccc2)C=C(C(=O)O)C1. The van der Waals surface area contributed by atoms with Crippen molar-refractivity contribution >= 4 is 35.5 Å². The van der Waals surface area contributed by atoms with Crippen molar-refractivity contribution in [2.24, 2.45) is 0 Å². The Morgan fingerprint density at radius 3 is 2.05 bits per heavy atom. The number of carboxylic acid groups (broad SMARTS) is 2. The molecule has 1 heterocycles. The fourth-order valence-corrected chi connectivity index (χ4v) is 2.88. The lowest BCUT2D eigenvalue weighted by Gasteiger charge is -2.23. The number of rotatable bonds is 5. The second-order valence-electron chi connectivity index (χ2n) is 4.40. The topological polar surface area (TPSA) is 101 Å². The van der Waals surface area contributed by atoms with E-state index < -0.39 is 23.1 Å². The lowest BCUT2D eigenvalue weighted by atomic mass is 10.0. The van der Waals surface area contributed by atoms with Crippen LogP contribution in [0.4, 0.5) is 0 Å². The minimum Gasteiger partial charge on any atom is -0.610 e. The summed E-state index contributed by atoms with van der Waals surface area (Å²) < 4.78 is 12.2. The Bertz CT molecular complexity index is 587. The Morgan fingerprint density at radius 1 is 1.09 bits per heavy atom. The second-order valence-corrected chi connectivity index (χ2v) is 5.82. The van der Waals surface area contributed by atoms with Crippen molar-refractivity contribution in [2.75, 3.05) is 5.88 Å². The van der Waals surface area contributed by atoms with Gasteiger partial charge in [0, 0.05) is 30.0 Å². The molecule has 118 valence electrons. The van der Waals surface area contributed by atoms with E-state index in [1.807, 2.05) is 0 Å². The van der Waals surface area contributed by atoms with E-state index >= 15 is 0 Å². The molecule has 6 nitrogen and oxygen atoms in total. The highest BCUT2D eigenvalue weighted by Crippen LogP contribution is 2.21. The van der Waals surface area contributed by atoms with E-state index in [1.54, 1.807) is 30.3 Å². The first-order chi connectivity index (χ1) is 9.97. The molecule has 0 spiro atoms. The zero-order valence-corrected chi connectivity index (χ0v) is 13.0. The second kappa shape index (κ2) is 7.88. The number of hydrogen-bond donors (Lipinski definition) is 2. The maximum atomic E-state index is 12.2. The van der Waals surface area contributed by atoms with Gasteiger partial charge in [-0.2, -0.15) is 0 Å². The number of halogens is 1. The molecule has 0 aliphatic carbocycles. The monoisotopic (exact) mass is 343 g/mol. The summed E-state index contributed by atoms with van der Waals surface area (Å²) in [6.45, 7) is 0. The molecule has 1 aromatic carbocycles. The van der Waals surface area contributed by atoms with E-state index in [-0.39, 0.29) is 35.9 Å². The Kier molecular flexibility index (Phi) is 6.48. The summed E-state index contributed by atoms with van der Waals surface area (Å²) in [6.07, 6.45) is 2.48. The molecule has 0 amide bonds. The molecule has 22 heavy (non-hydrogen) atoms. The van der Waals surface area contributed by atoms with E-state index in [2.05, 4.69) is 0 Å². The molecule has 0 saturated heterocycles. The molecule has 0 bridgehead atoms. The average molecular weight is 344 g/mol. The molecular formula is C14H14ClNO5S. The largest absolute Gasteiger partial charge is 0.610 e. The first kappa shape index (κ1) is 18.1. The molecule has 1 aromatic rings. The maximum Gasteiger partial charge on any atom is 0.333 e. The van der Waals surface area contributed by atoms with Crippen LogP contribution in [0.2, 0.25) is 0 Å². The molecule has 0 aromatic heterocycles. The van der Waals surface area contributed by atoms with Gasteiger partial charge in [-0.15, -0.1) is 12.4 Å².